The normalized spacial score (nSPS) is 14.2. The third-order valence-corrected chi connectivity index (χ3v) is 4.59. The van der Waals surface area contributed by atoms with E-state index in [1.165, 1.54) is 11.8 Å². The molecule has 1 amide bonds. The van der Waals surface area contributed by atoms with Gasteiger partial charge in [-0.3, -0.25) is 4.79 Å². The fourth-order valence-corrected chi connectivity index (χ4v) is 3.38. The number of nitrogens with zero attached hydrogens (tertiary/aromatic N) is 3. The Morgan fingerprint density at radius 1 is 1.21 bits per heavy atom. The van der Waals surface area contributed by atoms with Gasteiger partial charge in [-0.1, -0.05) is 17.8 Å². The number of ether oxygens (including phenoxy) is 1. The van der Waals surface area contributed by atoms with Crippen LogP contribution in [-0.2, 0) is 11.4 Å². The number of hydrogen-bond acceptors (Lipinski definition) is 6. The highest BCUT2D eigenvalue weighted by Gasteiger charge is 2.19. The molecule has 0 unspecified atom stereocenters. The second-order valence-electron chi connectivity index (χ2n) is 5.95. The van der Waals surface area contributed by atoms with Crippen LogP contribution in [0.15, 0.2) is 27.8 Å². The van der Waals surface area contributed by atoms with E-state index in [-0.39, 0.29) is 12.5 Å². The molecule has 0 atom stereocenters. The number of benzene rings is 1. The minimum Gasteiger partial charge on any atom is -0.484 e. The van der Waals surface area contributed by atoms with E-state index >= 15 is 0 Å². The molecule has 0 N–H and O–H groups in total. The summed E-state index contributed by atoms with van der Waals surface area (Å²) >= 11 is 1.28. The molecule has 7 heteroatoms. The first kappa shape index (κ1) is 16.8. The Labute approximate surface area is 145 Å². The maximum atomic E-state index is 12.0. The molecule has 24 heavy (non-hydrogen) atoms. The Hall–Kier alpha value is -2.02. The second kappa shape index (κ2) is 7.70. The van der Waals surface area contributed by atoms with Crippen LogP contribution in [0, 0.1) is 13.8 Å². The van der Waals surface area contributed by atoms with Crippen molar-refractivity contribution in [2.24, 2.45) is 0 Å². The fourth-order valence-electron chi connectivity index (χ4n) is 2.70. The number of aromatic nitrogens is 2. The van der Waals surface area contributed by atoms with Crippen molar-refractivity contribution in [1.29, 1.82) is 0 Å². The van der Waals surface area contributed by atoms with E-state index in [9.17, 15) is 4.79 Å². The first-order valence-electron chi connectivity index (χ1n) is 8.04. The van der Waals surface area contributed by atoms with E-state index in [4.69, 9.17) is 9.15 Å². The monoisotopic (exact) mass is 347 g/mol. The summed E-state index contributed by atoms with van der Waals surface area (Å²) in [4.78, 5) is 13.9. The van der Waals surface area contributed by atoms with Crippen molar-refractivity contribution >= 4 is 17.7 Å². The Morgan fingerprint density at radius 2 is 1.92 bits per heavy atom. The lowest BCUT2D eigenvalue weighted by atomic mass is 10.1. The van der Waals surface area contributed by atoms with Gasteiger partial charge in [0.2, 0.25) is 5.91 Å². The molecular weight excluding hydrogens is 326 g/mol. The molecule has 128 valence electrons. The number of carbonyl (C=O) groups excluding carboxylic acids is 1. The van der Waals surface area contributed by atoms with Crippen LogP contribution in [0.1, 0.15) is 29.9 Å². The molecule has 2 aromatic rings. The van der Waals surface area contributed by atoms with Gasteiger partial charge in [0, 0.05) is 13.1 Å². The van der Waals surface area contributed by atoms with E-state index in [0.29, 0.717) is 16.9 Å². The van der Waals surface area contributed by atoms with Gasteiger partial charge in [0.25, 0.3) is 11.1 Å². The topological polar surface area (TPSA) is 68.5 Å². The van der Waals surface area contributed by atoms with Gasteiger partial charge in [-0.25, -0.2) is 0 Å². The van der Waals surface area contributed by atoms with Crippen LogP contribution in [0.5, 0.6) is 5.75 Å². The van der Waals surface area contributed by atoms with E-state index < -0.39 is 0 Å². The number of amides is 1. The van der Waals surface area contributed by atoms with Gasteiger partial charge in [0.15, 0.2) is 6.61 Å². The zero-order valence-electron chi connectivity index (χ0n) is 13.9. The summed E-state index contributed by atoms with van der Waals surface area (Å²) in [5.41, 5.74) is 2.29. The molecule has 1 aliphatic heterocycles. The number of thioether (sulfide) groups is 1. The first-order chi connectivity index (χ1) is 11.6. The van der Waals surface area contributed by atoms with Crippen LogP contribution < -0.4 is 4.74 Å². The summed E-state index contributed by atoms with van der Waals surface area (Å²) in [6.07, 6.45) is 2.19. The van der Waals surface area contributed by atoms with Crippen LogP contribution in [0.4, 0.5) is 0 Å². The van der Waals surface area contributed by atoms with Crippen molar-refractivity contribution in [1.82, 2.24) is 15.1 Å². The summed E-state index contributed by atoms with van der Waals surface area (Å²) in [5.74, 6) is 1.65. The highest BCUT2D eigenvalue weighted by molar-refractivity contribution is 7.99. The molecule has 0 radical (unpaired) electrons. The summed E-state index contributed by atoms with van der Waals surface area (Å²) < 4.78 is 11.2. The van der Waals surface area contributed by atoms with E-state index in [1.807, 2.05) is 30.9 Å². The third-order valence-electron chi connectivity index (χ3n) is 3.78. The predicted octanol–water partition coefficient (Wildman–Crippen LogP) is 2.98. The van der Waals surface area contributed by atoms with Crippen molar-refractivity contribution in [2.45, 2.75) is 38.5 Å². The maximum Gasteiger partial charge on any atom is 0.277 e. The Morgan fingerprint density at radius 3 is 2.62 bits per heavy atom. The Bertz CT molecular complexity index is 691. The van der Waals surface area contributed by atoms with Gasteiger partial charge in [-0.15, -0.1) is 10.2 Å². The van der Waals surface area contributed by atoms with E-state index in [0.717, 1.165) is 42.8 Å². The molecule has 2 heterocycles. The zero-order chi connectivity index (χ0) is 16.9. The Kier molecular flexibility index (Phi) is 5.40. The predicted molar refractivity (Wildman–Crippen MR) is 91.1 cm³/mol. The lowest BCUT2D eigenvalue weighted by molar-refractivity contribution is -0.127. The third kappa shape index (κ3) is 4.50. The fraction of sp³-hybridized carbons (Fsp3) is 0.471. The van der Waals surface area contributed by atoms with E-state index in [2.05, 4.69) is 16.3 Å². The number of carbonyl (C=O) groups is 1. The first-order valence-corrected chi connectivity index (χ1v) is 9.03. The quantitative estimate of drug-likeness (QED) is 0.748. The molecule has 3 rings (SSSR count). The summed E-state index contributed by atoms with van der Waals surface area (Å²) in [6, 6.07) is 6.02. The van der Waals surface area contributed by atoms with Crippen molar-refractivity contribution < 1.29 is 13.9 Å². The van der Waals surface area contributed by atoms with Crippen molar-refractivity contribution in [3.63, 3.8) is 0 Å². The number of rotatable bonds is 6. The van der Waals surface area contributed by atoms with Crippen LogP contribution in [0.3, 0.4) is 0 Å². The molecule has 0 aliphatic carbocycles. The molecule has 1 fully saturated rings. The average Bonchev–Trinajstić information content (AvgIpc) is 3.21. The highest BCUT2D eigenvalue weighted by Crippen LogP contribution is 2.20. The van der Waals surface area contributed by atoms with Gasteiger partial charge in [0.1, 0.15) is 5.75 Å². The molecular formula is C17H21N3O3S. The molecule has 1 aromatic carbocycles. The molecule has 0 saturated carbocycles. The highest BCUT2D eigenvalue weighted by atomic mass is 32.2. The second-order valence-corrected chi connectivity index (χ2v) is 6.88. The van der Waals surface area contributed by atoms with Gasteiger partial charge >= 0.3 is 0 Å². The van der Waals surface area contributed by atoms with Gasteiger partial charge in [-0.05, 0) is 49.9 Å². The molecule has 1 saturated heterocycles. The van der Waals surface area contributed by atoms with Crippen molar-refractivity contribution in [3.8, 4) is 5.75 Å². The maximum absolute atomic E-state index is 12.0. The Balaban J connectivity index is 1.49. The van der Waals surface area contributed by atoms with Gasteiger partial charge in [-0.2, -0.15) is 0 Å². The summed E-state index contributed by atoms with van der Waals surface area (Å²) in [7, 11) is 0. The number of likely N-dealkylation sites (tertiary alicyclic amines) is 1. The zero-order valence-corrected chi connectivity index (χ0v) is 14.8. The summed E-state index contributed by atoms with van der Waals surface area (Å²) in [6.45, 7) is 5.99. The minimum absolute atomic E-state index is 0.128. The van der Waals surface area contributed by atoms with Crippen molar-refractivity contribution in [3.05, 3.63) is 35.2 Å². The van der Waals surface area contributed by atoms with Gasteiger partial charge < -0.3 is 14.1 Å². The smallest absolute Gasteiger partial charge is 0.277 e. The average molecular weight is 347 g/mol. The van der Waals surface area contributed by atoms with Crippen molar-refractivity contribution in [2.75, 3.05) is 18.8 Å². The SMILES string of the molecule is Cc1cc(C)cc(OCc2nnc(SCC(=O)N3CCCC3)o2)c1. The molecule has 0 bridgehead atoms. The van der Waals surface area contributed by atoms with E-state index in [1.54, 1.807) is 0 Å². The van der Waals surface area contributed by atoms with Crippen LogP contribution >= 0.6 is 11.8 Å². The lowest BCUT2D eigenvalue weighted by Gasteiger charge is -2.13. The van der Waals surface area contributed by atoms with Crippen LogP contribution in [0.25, 0.3) is 0 Å². The molecule has 6 nitrogen and oxygen atoms in total. The van der Waals surface area contributed by atoms with Crippen LogP contribution in [0.2, 0.25) is 0 Å². The van der Waals surface area contributed by atoms with Gasteiger partial charge in [0.05, 0.1) is 5.75 Å². The molecule has 1 aromatic heterocycles. The largest absolute Gasteiger partial charge is 0.484 e. The molecule has 1 aliphatic rings. The summed E-state index contributed by atoms with van der Waals surface area (Å²) in [5, 5.41) is 8.33. The van der Waals surface area contributed by atoms with Crippen LogP contribution in [-0.4, -0.2) is 39.8 Å². The standard InChI is InChI=1S/C17H21N3O3S/c1-12-7-13(2)9-14(8-12)22-10-15-18-19-17(23-15)24-11-16(21)20-5-3-4-6-20/h7-9H,3-6,10-11H2,1-2H3. The minimum atomic E-state index is 0.128. The number of hydrogen-bond donors (Lipinski definition) is 0. The molecule has 0 spiro atoms. The lowest BCUT2D eigenvalue weighted by Crippen LogP contribution is -2.29. The number of aryl methyl sites for hydroxylation is 2.